The lowest BCUT2D eigenvalue weighted by molar-refractivity contribution is -0.167. The van der Waals surface area contributed by atoms with Crippen molar-refractivity contribution in [2.45, 2.75) is 247 Å². The van der Waals surface area contributed by atoms with Gasteiger partial charge in [0.1, 0.15) is 13.2 Å². The molecule has 2 atom stereocenters. The fourth-order valence-electron chi connectivity index (χ4n) is 6.67. The third-order valence-corrected chi connectivity index (χ3v) is 10.5. The fraction of sp³-hybridized carbons (Fsp3) is 0.935. The zero-order valence-electron chi connectivity index (χ0n) is 35.6. The molecule has 0 aliphatic heterocycles. The first-order valence-corrected chi connectivity index (χ1v) is 22.6. The Labute approximate surface area is 323 Å². The molecular formula is C46H88O6. The average molecular weight is 737 g/mol. The SMILES string of the molecule is CCC(C)CCCCCCCCCCCCC(=O)OC[C@@H](COC(=O)CCCCCCCCC(C)C)OC(=O)CCCCCCCCCCC(C)C. The quantitative estimate of drug-likeness (QED) is 0.0355. The third kappa shape index (κ3) is 38.1. The molecule has 0 amide bonds. The lowest BCUT2D eigenvalue weighted by Crippen LogP contribution is -2.30. The van der Waals surface area contributed by atoms with E-state index in [1.807, 2.05) is 0 Å². The molecule has 0 radical (unpaired) electrons. The van der Waals surface area contributed by atoms with E-state index in [1.165, 1.54) is 122 Å². The molecule has 0 aliphatic carbocycles. The van der Waals surface area contributed by atoms with Crippen molar-refractivity contribution in [3.8, 4) is 0 Å². The minimum atomic E-state index is -0.762. The zero-order valence-corrected chi connectivity index (χ0v) is 35.6. The first kappa shape index (κ1) is 50.4. The summed E-state index contributed by atoms with van der Waals surface area (Å²) >= 11 is 0. The van der Waals surface area contributed by atoms with Crippen LogP contribution in [0.3, 0.4) is 0 Å². The molecule has 0 fully saturated rings. The van der Waals surface area contributed by atoms with Crippen molar-refractivity contribution in [3.05, 3.63) is 0 Å². The van der Waals surface area contributed by atoms with Gasteiger partial charge in [-0.05, 0) is 37.0 Å². The Bertz CT molecular complexity index is 809. The maximum atomic E-state index is 12.7. The first-order chi connectivity index (χ1) is 25.1. The summed E-state index contributed by atoms with van der Waals surface area (Å²) in [4.78, 5) is 37.6. The van der Waals surface area contributed by atoms with Crippen LogP contribution in [0.5, 0.6) is 0 Å². The van der Waals surface area contributed by atoms with Crippen LogP contribution in [0.1, 0.15) is 241 Å². The van der Waals surface area contributed by atoms with E-state index in [1.54, 1.807) is 0 Å². The number of esters is 3. The molecule has 0 aromatic carbocycles. The van der Waals surface area contributed by atoms with Crippen LogP contribution in [0.15, 0.2) is 0 Å². The van der Waals surface area contributed by atoms with Crippen LogP contribution in [-0.4, -0.2) is 37.2 Å². The van der Waals surface area contributed by atoms with Crippen molar-refractivity contribution in [3.63, 3.8) is 0 Å². The van der Waals surface area contributed by atoms with E-state index in [4.69, 9.17) is 14.2 Å². The van der Waals surface area contributed by atoms with E-state index in [-0.39, 0.29) is 31.1 Å². The van der Waals surface area contributed by atoms with Crippen LogP contribution >= 0.6 is 0 Å². The Hall–Kier alpha value is -1.59. The van der Waals surface area contributed by atoms with Gasteiger partial charge in [-0.1, -0.05) is 202 Å². The summed E-state index contributed by atoms with van der Waals surface area (Å²) in [6, 6.07) is 0. The lowest BCUT2D eigenvalue weighted by atomic mass is 9.99. The lowest BCUT2D eigenvalue weighted by Gasteiger charge is -2.18. The fourth-order valence-corrected chi connectivity index (χ4v) is 6.67. The topological polar surface area (TPSA) is 78.9 Å². The Balaban J connectivity index is 4.33. The van der Waals surface area contributed by atoms with Gasteiger partial charge in [0.05, 0.1) is 0 Å². The molecule has 0 saturated carbocycles. The highest BCUT2D eigenvalue weighted by molar-refractivity contribution is 5.71. The number of carbonyl (C=O) groups is 3. The molecule has 0 N–H and O–H groups in total. The second kappa shape index (κ2) is 37.7. The molecule has 0 bridgehead atoms. The Morgan fingerprint density at radius 3 is 1.00 bits per heavy atom. The second-order valence-electron chi connectivity index (χ2n) is 16.9. The maximum Gasteiger partial charge on any atom is 0.306 e. The highest BCUT2D eigenvalue weighted by Crippen LogP contribution is 2.17. The highest BCUT2D eigenvalue weighted by Gasteiger charge is 2.19. The number of unbranched alkanes of at least 4 members (excludes halogenated alkanes) is 21. The van der Waals surface area contributed by atoms with Gasteiger partial charge in [0.2, 0.25) is 0 Å². The molecule has 0 aromatic rings. The second-order valence-corrected chi connectivity index (χ2v) is 16.9. The predicted molar refractivity (Wildman–Crippen MR) is 219 cm³/mol. The molecule has 6 nitrogen and oxygen atoms in total. The van der Waals surface area contributed by atoms with Crippen LogP contribution in [-0.2, 0) is 28.6 Å². The van der Waals surface area contributed by atoms with Crippen LogP contribution in [0, 0.1) is 17.8 Å². The van der Waals surface area contributed by atoms with Crippen molar-refractivity contribution in [1.29, 1.82) is 0 Å². The molecule has 52 heavy (non-hydrogen) atoms. The van der Waals surface area contributed by atoms with E-state index in [9.17, 15) is 14.4 Å². The van der Waals surface area contributed by atoms with Crippen molar-refractivity contribution < 1.29 is 28.6 Å². The minimum absolute atomic E-state index is 0.0671. The predicted octanol–water partition coefficient (Wildman–Crippen LogP) is 14.0. The molecule has 0 rings (SSSR count). The number of carbonyl (C=O) groups excluding carboxylic acids is 3. The van der Waals surface area contributed by atoms with E-state index in [2.05, 4.69) is 41.5 Å². The van der Waals surface area contributed by atoms with E-state index < -0.39 is 6.10 Å². The number of ether oxygens (including phenoxy) is 3. The normalized spacial score (nSPS) is 12.7. The molecule has 1 unspecified atom stereocenters. The standard InChI is InChI=1S/C46H88O6/c1-7-42(6)34-28-22-15-10-8-9-11-16-23-29-35-44(47)50-38-43(39-51-45(48)36-30-24-19-18-21-27-33-41(4)5)52-46(49)37-31-25-17-13-12-14-20-26-32-40(2)3/h40-43H,7-39H2,1-6H3/t42?,43-/m0/s1. The van der Waals surface area contributed by atoms with Crippen LogP contribution in [0.25, 0.3) is 0 Å². The Morgan fingerprint density at radius 1 is 0.385 bits per heavy atom. The van der Waals surface area contributed by atoms with Gasteiger partial charge >= 0.3 is 17.9 Å². The molecule has 0 spiro atoms. The molecule has 0 aromatic heterocycles. The summed E-state index contributed by atoms with van der Waals surface area (Å²) in [7, 11) is 0. The number of rotatable bonds is 39. The summed E-state index contributed by atoms with van der Waals surface area (Å²) in [6.07, 6.45) is 33.8. The summed E-state index contributed by atoms with van der Waals surface area (Å²) in [6.45, 7) is 13.6. The molecule has 308 valence electrons. The van der Waals surface area contributed by atoms with Crippen LogP contribution in [0.2, 0.25) is 0 Å². The van der Waals surface area contributed by atoms with Gasteiger partial charge in [-0.2, -0.15) is 0 Å². The molecule has 6 heteroatoms. The van der Waals surface area contributed by atoms with Gasteiger partial charge in [0, 0.05) is 19.3 Å². The minimum Gasteiger partial charge on any atom is -0.462 e. The van der Waals surface area contributed by atoms with Gasteiger partial charge in [-0.3, -0.25) is 14.4 Å². The summed E-state index contributed by atoms with van der Waals surface area (Å²) in [5.74, 6) is 1.56. The number of hydrogen-bond donors (Lipinski definition) is 0. The summed E-state index contributed by atoms with van der Waals surface area (Å²) < 4.78 is 16.7. The van der Waals surface area contributed by atoms with Crippen molar-refractivity contribution in [2.24, 2.45) is 17.8 Å². The molecule has 0 aliphatic rings. The van der Waals surface area contributed by atoms with E-state index >= 15 is 0 Å². The summed E-state index contributed by atoms with van der Waals surface area (Å²) in [5, 5.41) is 0. The average Bonchev–Trinajstić information content (AvgIpc) is 3.11. The van der Waals surface area contributed by atoms with E-state index in [0.29, 0.717) is 19.3 Å². The Kier molecular flexibility index (Phi) is 36.6. The first-order valence-electron chi connectivity index (χ1n) is 22.6. The maximum absolute atomic E-state index is 12.7. The van der Waals surface area contributed by atoms with Crippen molar-refractivity contribution >= 4 is 17.9 Å². The van der Waals surface area contributed by atoms with Gasteiger partial charge in [0.15, 0.2) is 6.10 Å². The van der Waals surface area contributed by atoms with Crippen LogP contribution in [0.4, 0.5) is 0 Å². The van der Waals surface area contributed by atoms with Crippen LogP contribution < -0.4 is 0 Å². The third-order valence-electron chi connectivity index (χ3n) is 10.5. The largest absolute Gasteiger partial charge is 0.462 e. The highest BCUT2D eigenvalue weighted by atomic mass is 16.6. The van der Waals surface area contributed by atoms with E-state index in [0.717, 1.165) is 75.5 Å². The van der Waals surface area contributed by atoms with Crippen molar-refractivity contribution in [2.75, 3.05) is 13.2 Å². The Morgan fingerprint density at radius 2 is 0.673 bits per heavy atom. The molecule has 0 heterocycles. The smallest absolute Gasteiger partial charge is 0.306 e. The molecular weight excluding hydrogens is 648 g/mol. The monoisotopic (exact) mass is 737 g/mol. The van der Waals surface area contributed by atoms with Gasteiger partial charge < -0.3 is 14.2 Å². The number of hydrogen-bond acceptors (Lipinski definition) is 6. The zero-order chi connectivity index (χ0) is 38.5. The van der Waals surface area contributed by atoms with Gasteiger partial charge in [-0.15, -0.1) is 0 Å². The van der Waals surface area contributed by atoms with Crippen molar-refractivity contribution in [1.82, 2.24) is 0 Å². The van der Waals surface area contributed by atoms with Gasteiger partial charge in [-0.25, -0.2) is 0 Å². The molecule has 0 saturated heterocycles. The van der Waals surface area contributed by atoms with Gasteiger partial charge in [0.25, 0.3) is 0 Å². The summed E-state index contributed by atoms with van der Waals surface area (Å²) in [5.41, 5.74) is 0.